The van der Waals surface area contributed by atoms with Gasteiger partial charge < -0.3 is 21.1 Å². The molecule has 0 saturated carbocycles. The van der Waals surface area contributed by atoms with Gasteiger partial charge in [-0.15, -0.1) is 0 Å². The van der Waals surface area contributed by atoms with Crippen LogP contribution in [0.25, 0.3) is 0 Å². The Morgan fingerprint density at radius 2 is 2.05 bits per heavy atom. The minimum absolute atomic E-state index is 0.295. The Bertz CT molecular complexity index is 612. The molecule has 0 spiro atoms. The fraction of sp³-hybridized carbons (Fsp3) is 0.286. The highest BCUT2D eigenvalue weighted by molar-refractivity contribution is 5.62. The molecule has 2 aromatic rings. The van der Waals surface area contributed by atoms with E-state index < -0.39 is 0 Å². The van der Waals surface area contributed by atoms with E-state index in [0.29, 0.717) is 5.95 Å². The zero-order valence-electron chi connectivity index (χ0n) is 11.3. The summed E-state index contributed by atoms with van der Waals surface area (Å²) in [5, 5.41) is 6.59. The molecule has 0 aliphatic carbocycles. The zero-order valence-corrected chi connectivity index (χ0v) is 11.3. The van der Waals surface area contributed by atoms with Crippen molar-refractivity contribution in [3.8, 4) is 5.75 Å². The van der Waals surface area contributed by atoms with Gasteiger partial charge in [0.25, 0.3) is 0 Å². The number of aromatic nitrogens is 2. The van der Waals surface area contributed by atoms with Crippen molar-refractivity contribution in [2.45, 2.75) is 13.0 Å². The topological polar surface area (TPSA) is 85.1 Å². The van der Waals surface area contributed by atoms with Crippen molar-refractivity contribution in [3.05, 3.63) is 35.5 Å². The molecule has 0 bridgehead atoms. The maximum Gasteiger partial charge on any atom is 0.222 e. The van der Waals surface area contributed by atoms with Gasteiger partial charge in [0.05, 0.1) is 12.8 Å². The minimum atomic E-state index is 0.295. The molecule has 1 aromatic carbocycles. The first-order valence-corrected chi connectivity index (χ1v) is 6.53. The van der Waals surface area contributed by atoms with E-state index >= 15 is 0 Å². The van der Waals surface area contributed by atoms with Gasteiger partial charge in [-0.1, -0.05) is 0 Å². The summed E-state index contributed by atoms with van der Waals surface area (Å²) >= 11 is 0. The summed E-state index contributed by atoms with van der Waals surface area (Å²) in [6, 6.07) is 7.71. The van der Waals surface area contributed by atoms with Crippen LogP contribution in [0.5, 0.6) is 5.75 Å². The number of rotatable bonds is 3. The van der Waals surface area contributed by atoms with E-state index in [-0.39, 0.29) is 0 Å². The molecule has 0 fully saturated rings. The van der Waals surface area contributed by atoms with Crippen LogP contribution in [-0.4, -0.2) is 23.6 Å². The minimum Gasteiger partial charge on any atom is -0.497 e. The molecular weight excluding hydrogens is 254 g/mol. The highest BCUT2D eigenvalue weighted by Gasteiger charge is 2.16. The molecule has 0 saturated heterocycles. The van der Waals surface area contributed by atoms with E-state index in [9.17, 15) is 0 Å². The predicted octanol–water partition coefficient (Wildman–Crippen LogP) is 1.46. The number of nitrogen functional groups attached to an aromatic ring is 1. The Morgan fingerprint density at radius 3 is 2.80 bits per heavy atom. The third-order valence-corrected chi connectivity index (χ3v) is 3.31. The second-order valence-corrected chi connectivity index (χ2v) is 4.64. The predicted molar refractivity (Wildman–Crippen MR) is 78.1 cm³/mol. The molecule has 104 valence electrons. The smallest absolute Gasteiger partial charge is 0.222 e. The maximum atomic E-state index is 5.77. The number of ether oxygens (including phenoxy) is 1. The van der Waals surface area contributed by atoms with Crippen molar-refractivity contribution in [1.82, 2.24) is 15.3 Å². The maximum absolute atomic E-state index is 5.77. The lowest BCUT2D eigenvalue weighted by atomic mass is 10.1. The zero-order chi connectivity index (χ0) is 13.9. The van der Waals surface area contributed by atoms with E-state index in [1.165, 1.54) is 0 Å². The molecule has 1 aliphatic rings. The van der Waals surface area contributed by atoms with Gasteiger partial charge in [0, 0.05) is 17.8 Å². The molecule has 4 N–H and O–H groups in total. The summed E-state index contributed by atoms with van der Waals surface area (Å²) in [7, 11) is 1.65. The summed E-state index contributed by atoms with van der Waals surface area (Å²) in [4.78, 5) is 8.61. The summed E-state index contributed by atoms with van der Waals surface area (Å²) in [5.41, 5.74) is 8.83. The molecule has 1 aliphatic heterocycles. The van der Waals surface area contributed by atoms with Gasteiger partial charge in [-0.2, -0.15) is 4.98 Å². The summed E-state index contributed by atoms with van der Waals surface area (Å²) in [6.07, 6.45) is 0.897. The van der Waals surface area contributed by atoms with Gasteiger partial charge in [0.2, 0.25) is 5.95 Å². The first-order valence-electron chi connectivity index (χ1n) is 6.53. The normalized spacial score (nSPS) is 13.7. The summed E-state index contributed by atoms with van der Waals surface area (Å²) < 4.78 is 5.15. The molecule has 20 heavy (non-hydrogen) atoms. The van der Waals surface area contributed by atoms with Crippen LogP contribution in [0.15, 0.2) is 24.3 Å². The molecule has 0 unspecified atom stereocenters. The number of hydrogen-bond acceptors (Lipinski definition) is 6. The quantitative estimate of drug-likeness (QED) is 0.783. The van der Waals surface area contributed by atoms with E-state index in [2.05, 4.69) is 20.6 Å². The Labute approximate surface area is 117 Å². The third-order valence-electron chi connectivity index (χ3n) is 3.31. The van der Waals surface area contributed by atoms with Gasteiger partial charge in [-0.05, 0) is 37.2 Å². The van der Waals surface area contributed by atoms with E-state index in [0.717, 1.165) is 48.0 Å². The molecular formula is C14H17N5O. The molecule has 1 aromatic heterocycles. The average Bonchev–Trinajstić information content (AvgIpc) is 2.48. The van der Waals surface area contributed by atoms with Gasteiger partial charge in [0.1, 0.15) is 11.6 Å². The lowest BCUT2D eigenvalue weighted by molar-refractivity contribution is 0.415. The molecule has 2 heterocycles. The van der Waals surface area contributed by atoms with Crippen LogP contribution >= 0.6 is 0 Å². The number of hydrogen-bond donors (Lipinski definition) is 3. The standard InChI is InChI=1S/C14H17N5O/c1-20-10-4-2-9(3-5-10)17-13-11-6-7-16-8-12(11)18-14(15)19-13/h2-5,16H,6-8H2,1H3,(H3,15,17,18,19). The van der Waals surface area contributed by atoms with E-state index in [1.807, 2.05) is 24.3 Å². The van der Waals surface area contributed by atoms with Crippen LogP contribution in [0, 0.1) is 0 Å². The first-order chi connectivity index (χ1) is 9.76. The van der Waals surface area contributed by atoms with Crippen molar-refractivity contribution < 1.29 is 4.74 Å². The number of methoxy groups -OCH3 is 1. The fourth-order valence-corrected chi connectivity index (χ4v) is 2.29. The SMILES string of the molecule is COc1ccc(Nc2nc(N)nc3c2CCNC3)cc1. The van der Waals surface area contributed by atoms with Crippen LogP contribution < -0.4 is 21.1 Å². The molecule has 0 amide bonds. The number of nitrogens with zero attached hydrogens (tertiary/aromatic N) is 2. The second kappa shape index (κ2) is 5.34. The molecule has 0 atom stereocenters. The van der Waals surface area contributed by atoms with Crippen molar-refractivity contribution in [3.63, 3.8) is 0 Å². The third kappa shape index (κ3) is 2.50. The highest BCUT2D eigenvalue weighted by atomic mass is 16.5. The van der Waals surface area contributed by atoms with Crippen LogP contribution in [0.3, 0.4) is 0 Å². The highest BCUT2D eigenvalue weighted by Crippen LogP contribution is 2.25. The largest absolute Gasteiger partial charge is 0.497 e. The van der Waals surface area contributed by atoms with Crippen LogP contribution in [0.4, 0.5) is 17.5 Å². The lowest BCUT2D eigenvalue weighted by Gasteiger charge is -2.20. The van der Waals surface area contributed by atoms with Crippen molar-refractivity contribution in [2.75, 3.05) is 24.7 Å². The molecule has 6 nitrogen and oxygen atoms in total. The van der Waals surface area contributed by atoms with Crippen molar-refractivity contribution >= 4 is 17.5 Å². The van der Waals surface area contributed by atoms with Crippen LogP contribution in [-0.2, 0) is 13.0 Å². The summed E-state index contributed by atoms with van der Waals surface area (Å²) in [6.45, 7) is 1.66. The monoisotopic (exact) mass is 271 g/mol. The Kier molecular flexibility index (Phi) is 3.39. The molecule has 0 radical (unpaired) electrons. The van der Waals surface area contributed by atoms with E-state index in [1.54, 1.807) is 7.11 Å². The Hall–Kier alpha value is -2.34. The molecule has 3 rings (SSSR count). The van der Waals surface area contributed by atoms with Crippen molar-refractivity contribution in [1.29, 1.82) is 0 Å². The molecule has 6 heteroatoms. The number of benzene rings is 1. The first kappa shape index (κ1) is 12.7. The Morgan fingerprint density at radius 1 is 1.25 bits per heavy atom. The second-order valence-electron chi connectivity index (χ2n) is 4.64. The Balaban J connectivity index is 1.91. The van der Waals surface area contributed by atoms with Crippen LogP contribution in [0.1, 0.15) is 11.3 Å². The average molecular weight is 271 g/mol. The number of fused-ring (bicyclic) bond motifs is 1. The fourth-order valence-electron chi connectivity index (χ4n) is 2.29. The van der Waals surface area contributed by atoms with Gasteiger partial charge in [0.15, 0.2) is 0 Å². The van der Waals surface area contributed by atoms with Gasteiger partial charge in [-0.3, -0.25) is 0 Å². The van der Waals surface area contributed by atoms with E-state index in [4.69, 9.17) is 10.5 Å². The lowest BCUT2D eigenvalue weighted by Crippen LogP contribution is -2.26. The number of nitrogens with one attached hydrogen (secondary N) is 2. The summed E-state index contributed by atoms with van der Waals surface area (Å²) in [5.74, 6) is 1.91. The van der Waals surface area contributed by atoms with Gasteiger partial charge in [-0.25, -0.2) is 4.98 Å². The number of anilines is 3. The van der Waals surface area contributed by atoms with Gasteiger partial charge >= 0.3 is 0 Å². The van der Waals surface area contributed by atoms with Crippen molar-refractivity contribution in [2.24, 2.45) is 0 Å². The van der Waals surface area contributed by atoms with Crippen LogP contribution in [0.2, 0.25) is 0 Å². The number of nitrogens with two attached hydrogens (primary N) is 1.